The molecule has 0 amide bonds. The van der Waals surface area contributed by atoms with Crippen LogP contribution in [0.3, 0.4) is 0 Å². The number of hydrogen-bond acceptors (Lipinski definition) is 4. The first-order valence-corrected chi connectivity index (χ1v) is 3.61. The minimum absolute atomic E-state index is 0. The third kappa shape index (κ3) is 58.0. The predicted octanol–water partition coefficient (Wildman–Crippen LogP) is -1.87. The van der Waals surface area contributed by atoms with Crippen LogP contribution in [-0.4, -0.2) is 109 Å². The van der Waals surface area contributed by atoms with Crippen molar-refractivity contribution in [1.29, 1.82) is 0 Å². The van der Waals surface area contributed by atoms with Crippen LogP contribution >= 0.6 is 0 Å². The van der Waals surface area contributed by atoms with E-state index < -0.39 is 16.4 Å². The van der Waals surface area contributed by atoms with Gasteiger partial charge in [-0.25, -0.2) is 4.79 Å². The van der Waals surface area contributed by atoms with E-state index in [1.54, 1.807) is 0 Å². The molecule has 6 nitrogen and oxygen atoms in total. The summed E-state index contributed by atoms with van der Waals surface area (Å²) in [6.45, 7) is 3.16. The van der Waals surface area contributed by atoms with Gasteiger partial charge in [-0.15, -0.1) is 0 Å². The Morgan fingerprint density at radius 3 is 1.69 bits per heavy atom. The Hall–Kier alpha value is 1.65. The molecular formula is C4H11BaNaO6S. The first kappa shape index (κ1) is 24.1. The summed E-state index contributed by atoms with van der Waals surface area (Å²) in [7, 11) is -3.36. The third-order valence-electron chi connectivity index (χ3n) is 0.368. The van der Waals surface area contributed by atoms with Gasteiger partial charge in [0.05, 0.1) is 7.11 Å². The molecule has 0 heterocycles. The second-order valence-corrected chi connectivity index (χ2v) is 2.07. The molecule has 9 heteroatoms. The zero-order valence-corrected chi connectivity index (χ0v) is 6.54. The summed E-state index contributed by atoms with van der Waals surface area (Å²) in [5.41, 5.74) is 0. The van der Waals surface area contributed by atoms with Crippen molar-refractivity contribution >= 4 is 94.8 Å². The summed E-state index contributed by atoms with van der Waals surface area (Å²) in [6, 6.07) is 0. The summed E-state index contributed by atoms with van der Waals surface area (Å²) in [5, 5.41) is 0. The Bertz CT molecular complexity index is 217. The Labute approximate surface area is 139 Å². The molecule has 0 aromatic rings. The van der Waals surface area contributed by atoms with Crippen molar-refractivity contribution in [3.8, 4) is 0 Å². The summed E-state index contributed by atoms with van der Waals surface area (Å²) in [5.74, 6) is -0.394. The number of hydrogen-bond donors (Lipinski definition) is 2. The summed E-state index contributed by atoms with van der Waals surface area (Å²) in [6.07, 6.45) is 1.11. The first-order chi connectivity index (χ1) is 4.81. The van der Waals surface area contributed by atoms with Gasteiger partial charge in [0.1, 0.15) is 0 Å². The van der Waals surface area contributed by atoms with E-state index in [1.807, 2.05) is 0 Å². The molecule has 0 saturated heterocycles. The predicted molar refractivity (Wildman–Crippen MR) is 52.1 cm³/mol. The number of esters is 1. The van der Waals surface area contributed by atoms with E-state index in [-0.39, 0.29) is 78.4 Å². The summed E-state index contributed by atoms with van der Waals surface area (Å²) < 4.78 is 35.7. The van der Waals surface area contributed by atoms with E-state index in [4.69, 9.17) is 17.5 Å². The molecule has 0 aliphatic carbocycles. The molecule has 0 unspecified atom stereocenters. The van der Waals surface area contributed by atoms with Crippen LogP contribution < -0.4 is 0 Å². The van der Waals surface area contributed by atoms with Gasteiger partial charge in [-0.05, 0) is 0 Å². The van der Waals surface area contributed by atoms with Gasteiger partial charge in [-0.1, -0.05) is 6.58 Å². The topological polar surface area (TPSA) is 101 Å². The molecule has 0 radical (unpaired) electrons. The molecule has 0 saturated carbocycles. The molecule has 0 rings (SSSR count). The van der Waals surface area contributed by atoms with Crippen LogP contribution in [-0.2, 0) is 19.9 Å². The van der Waals surface area contributed by atoms with Crippen molar-refractivity contribution in [2.75, 3.05) is 7.11 Å². The average Bonchev–Trinajstić information content (AvgIpc) is 1.83. The quantitative estimate of drug-likeness (QED) is 0.249. The van der Waals surface area contributed by atoms with Gasteiger partial charge in [-0.2, -0.15) is 8.42 Å². The molecule has 0 spiro atoms. The number of carbonyl (C=O) groups excluding carboxylic acids is 1. The summed E-state index contributed by atoms with van der Waals surface area (Å²) in [4.78, 5) is 9.84. The van der Waals surface area contributed by atoms with Crippen LogP contribution in [0.5, 0.6) is 0 Å². The maximum atomic E-state index is 9.84. The van der Waals surface area contributed by atoms with Gasteiger partial charge in [0, 0.05) is 6.08 Å². The van der Waals surface area contributed by atoms with Crippen molar-refractivity contribution in [2.45, 2.75) is 0 Å². The van der Waals surface area contributed by atoms with Gasteiger partial charge in [0.25, 0.3) is 0 Å². The van der Waals surface area contributed by atoms with E-state index in [2.05, 4.69) is 11.3 Å². The molecule has 0 bridgehead atoms. The fourth-order valence-corrected chi connectivity index (χ4v) is 0.0833. The second kappa shape index (κ2) is 13.7. The van der Waals surface area contributed by atoms with E-state index in [9.17, 15) is 4.79 Å². The Morgan fingerprint density at radius 1 is 1.46 bits per heavy atom. The molecule has 0 fully saturated rings. The Balaban J connectivity index is -0.0000000546. The zero-order valence-electron chi connectivity index (χ0n) is 5.72. The van der Waals surface area contributed by atoms with Crippen LogP contribution in [0.2, 0.25) is 0 Å². The van der Waals surface area contributed by atoms with Gasteiger partial charge in [-0.3, -0.25) is 9.11 Å². The van der Waals surface area contributed by atoms with Crippen LogP contribution in [0.4, 0.5) is 0 Å². The molecule has 0 atom stereocenters. The Kier molecular flexibility index (Phi) is 25.3. The fourth-order valence-electron chi connectivity index (χ4n) is 0.0833. The third-order valence-corrected chi connectivity index (χ3v) is 0.368. The first-order valence-electron chi connectivity index (χ1n) is 2.21. The van der Waals surface area contributed by atoms with Gasteiger partial charge in [0.2, 0.25) is 0 Å². The van der Waals surface area contributed by atoms with Crippen molar-refractivity contribution in [3.63, 3.8) is 0 Å². The molecule has 0 aromatic heterocycles. The van der Waals surface area contributed by atoms with E-state index in [0.717, 1.165) is 6.08 Å². The normalized spacial score (nSPS) is 7.62. The SMILES string of the molecule is C=CC(=O)OC.O=S(=O)(O)O.[BaH2].[NaH]. The monoisotopic (exact) mass is 348 g/mol. The number of carbonyl (C=O) groups is 1. The van der Waals surface area contributed by atoms with Crippen molar-refractivity contribution in [2.24, 2.45) is 0 Å². The minimum atomic E-state index is -4.67. The molecular weight excluding hydrogens is 336 g/mol. The van der Waals surface area contributed by atoms with Gasteiger partial charge < -0.3 is 4.74 Å². The molecule has 0 aliphatic heterocycles. The molecule has 13 heavy (non-hydrogen) atoms. The Morgan fingerprint density at radius 2 is 1.69 bits per heavy atom. The molecule has 0 aromatic carbocycles. The van der Waals surface area contributed by atoms with Crippen LogP contribution in [0, 0.1) is 0 Å². The second-order valence-electron chi connectivity index (χ2n) is 1.18. The van der Waals surface area contributed by atoms with Crippen molar-refractivity contribution in [1.82, 2.24) is 0 Å². The molecule has 2 N–H and O–H groups in total. The van der Waals surface area contributed by atoms with E-state index in [1.165, 1.54) is 7.11 Å². The summed E-state index contributed by atoms with van der Waals surface area (Å²) >= 11 is 0. The van der Waals surface area contributed by atoms with Gasteiger partial charge >= 0.3 is 94.8 Å². The molecule has 0 aliphatic rings. The standard InChI is InChI=1S/C4H6O2.Ba.Na.H2O4S.3H/c1-3-4(5)6-2;;;1-5(2,3)4;;;/h3H,1H2,2H3;;;(H2,1,2,3,4);;;. The van der Waals surface area contributed by atoms with E-state index in [0.29, 0.717) is 0 Å². The van der Waals surface area contributed by atoms with Crippen LogP contribution in [0.25, 0.3) is 0 Å². The zero-order chi connectivity index (χ0) is 9.49. The number of methoxy groups -OCH3 is 1. The van der Waals surface area contributed by atoms with Crippen LogP contribution in [0.15, 0.2) is 12.7 Å². The van der Waals surface area contributed by atoms with Crippen LogP contribution in [0.1, 0.15) is 0 Å². The number of ether oxygens (including phenoxy) is 1. The average molecular weight is 348 g/mol. The maximum absolute atomic E-state index is 9.84. The molecule has 72 valence electrons. The van der Waals surface area contributed by atoms with Crippen molar-refractivity contribution in [3.05, 3.63) is 12.7 Å². The van der Waals surface area contributed by atoms with Gasteiger partial charge in [0.15, 0.2) is 0 Å². The van der Waals surface area contributed by atoms with E-state index >= 15 is 0 Å². The fraction of sp³-hybridized carbons (Fsp3) is 0.250. The van der Waals surface area contributed by atoms with Crippen molar-refractivity contribution < 1.29 is 27.1 Å². The number of rotatable bonds is 1.